The highest BCUT2D eigenvalue weighted by molar-refractivity contribution is 5.97. The molecular formula is C104H141F5N28O5. The Bertz CT molecular complexity index is 5800. The second-order valence-corrected chi connectivity index (χ2v) is 42.8. The van der Waals surface area contributed by atoms with Crippen molar-refractivity contribution in [2.75, 3.05) is 121 Å². The Morgan fingerprint density at radius 3 is 0.662 bits per heavy atom. The van der Waals surface area contributed by atoms with Gasteiger partial charge in [0.05, 0.1) is 26.9 Å². The van der Waals surface area contributed by atoms with Gasteiger partial charge in [-0.3, -0.25) is 24.0 Å². The van der Waals surface area contributed by atoms with Crippen LogP contribution in [0.5, 0.6) is 0 Å². The van der Waals surface area contributed by atoms with Crippen molar-refractivity contribution in [3.63, 3.8) is 0 Å². The molecule has 762 valence electrons. The summed E-state index contributed by atoms with van der Waals surface area (Å²) in [5.41, 5.74) is 2.42. The number of alkyl halides is 5. The molecule has 142 heavy (non-hydrogen) atoms. The van der Waals surface area contributed by atoms with E-state index in [4.69, 9.17) is 0 Å². The van der Waals surface area contributed by atoms with Crippen molar-refractivity contribution < 1.29 is 45.9 Å². The molecular weight excluding hydrogens is 1820 g/mol. The number of anilines is 5. The molecule has 0 aromatic carbocycles. The first-order valence-electron chi connectivity index (χ1n) is 50.2. The van der Waals surface area contributed by atoms with Gasteiger partial charge in [-0.2, -0.15) is 0 Å². The second kappa shape index (κ2) is 42.3. The Balaban J connectivity index is 0.000000128. The number of likely N-dealkylation sites (N-methyl/N-ethyl adjacent to an activating group) is 3. The summed E-state index contributed by atoms with van der Waals surface area (Å²) in [7, 11) is 11.9. The van der Waals surface area contributed by atoms with Gasteiger partial charge >= 0.3 is 0 Å². The molecule has 15 heterocycles. The van der Waals surface area contributed by atoms with Crippen molar-refractivity contribution in [2.24, 2.45) is 0 Å². The van der Waals surface area contributed by atoms with Gasteiger partial charge in [0.15, 0.2) is 0 Å². The van der Waals surface area contributed by atoms with Crippen LogP contribution in [0.15, 0.2) is 124 Å². The first kappa shape index (κ1) is 103. The minimum Gasteiger partial charge on any atom is -0.365 e. The van der Waals surface area contributed by atoms with Crippen molar-refractivity contribution in [2.45, 2.75) is 284 Å². The van der Waals surface area contributed by atoms with E-state index in [9.17, 15) is 45.9 Å². The molecule has 20 atom stereocenters. The van der Waals surface area contributed by atoms with Crippen molar-refractivity contribution in [3.05, 3.63) is 152 Å². The Kier molecular flexibility index (Phi) is 30.6. The van der Waals surface area contributed by atoms with Gasteiger partial charge in [-0.05, 0) is 248 Å². The van der Waals surface area contributed by atoms with E-state index in [0.717, 1.165) is 139 Å². The molecule has 33 nitrogen and oxygen atoms in total. The largest absolute Gasteiger partial charge is 0.365 e. The molecule has 38 heteroatoms. The fraction of sp³-hybridized carbons (Fsp3) is 0.567. The summed E-state index contributed by atoms with van der Waals surface area (Å²) in [4.78, 5) is 137. The molecule has 20 rings (SSSR count). The molecule has 5 aliphatic carbocycles. The molecule has 0 radical (unpaired) electrons. The van der Waals surface area contributed by atoms with E-state index in [1.807, 2.05) is 131 Å². The number of aromatic amines is 5. The number of amides is 5. The molecule has 10 N–H and O–H groups in total. The van der Waals surface area contributed by atoms with Crippen LogP contribution < -0.4 is 26.6 Å². The predicted molar refractivity (Wildman–Crippen MR) is 546 cm³/mol. The lowest BCUT2D eigenvalue weighted by atomic mass is 9.98. The lowest BCUT2D eigenvalue weighted by molar-refractivity contribution is -0.130. The number of halogens is 5. The highest BCUT2D eigenvalue weighted by Gasteiger charge is 2.57. The SMILES string of the molecule is C=CC(=O)N1C[C@H](Nc2ncnc3[nH]cc([C@@H]4CC4(C)F)c23)CC[C@@H]1C.C=CC(=O)N1C[C@H](Nc2ncnc3[nH]cc([C@H]4CC4(C)F)c23)CC[C@@H]1C.C[C@H]1CC[C@@H](Nc2ncnc3[nH]cc(C4CC4(C)F)c23)CN1C(=O)/C=C/CN(C)C.C[C@H]1CC[C@@H](Nc2ncnc3[nH]cc([C@@H]4CC4(C)F)c23)CN1C(=O)/C=C/CN(C)C.C[C@H]1CC[C@@H](Nc2ncnc3[nH]cc([C@H]4CC4(C)F)c23)CN1C(=O)/C=C/CN(C)C. The zero-order valence-corrected chi connectivity index (χ0v) is 84.7. The molecule has 6 unspecified atom stereocenters. The number of fused-ring (bicyclic) bond motifs is 5. The normalized spacial score (nSPS) is 29.8. The van der Waals surface area contributed by atoms with Crippen LogP contribution in [0.4, 0.5) is 51.0 Å². The topological polar surface area (TPSA) is 379 Å². The Hall–Kier alpha value is -12.3. The Morgan fingerprint density at radius 2 is 0.500 bits per heavy atom. The second-order valence-electron chi connectivity index (χ2n) is 42.8. The zero-order chi connectivity index (χ0) is 101. The molecule has 0 spiro atoms. The van der Waals surface area contributed by atoms with E-state index in [1.54, 1.807) is 52.8 Å². The predicted octanol–water partition coefficient (Wildman–Crippen LogP) is 15.5. The fourth-order valence-corrected chi connectivity index (χ4v) is 21.0. The van der Waals surface area contributed by atoms with Gasteiger partial charge in [0, 0.05) is 192 Å². The molecule has 5 aliphatic heterocycles. The third-order valence-corrected chi connectivity index (χ3v) is 30.3. The highest BCUT2D eigenvalue weighted by Crippen LogP contribution is 2.60. The number of rotatable bonds is 26. The van der Waals surface area contributed by atoms with E-state index in [0.29, 0.717) is 122 Å². The number of hydrogen-bond donors (Lipinski definition) is 10. The van der Waals surface area contributed by atoms with Crippen molar-refractivity contribution in [1.82, 2.24) is 114 Å². The number of piperidine rings is 5. The van der Waals surface area contributed by atoms with Crippen LogP contribution in [0.1, 0.15) is 223 Å². The Labute approximate surface area is 826 Å². The van der Waals surface area contributed by atoms with Gasteiger partial charge in [0.2, 0.25) is 29.5 Å². The number of nitrogens with zero attached hydrogens (tertiary/aromatic N) is 18. The van der Waals surface area contributed by atoms with Crippen LogP contribution in [0, 0.1) is 0 Å². The van der Waals surface area contributed by atoms with Crippen LogP contribution in [-0.2, 0) is 24.0 Å². The molecule has 10 aliphatic rings. The van der Waals surface area contributed by atoms with Crippen LogP contribution >= 0.6 is 0 Å². The summed E-state index contributed by atoms with van der Waals surface area (Å²) in [5, 5.41) is 21.8. The maximum Gasteiger partial charge on any atom is 0.246 e. The number of aromatic nitrogens is 15. The summed E-state index contributed by atoms with van der Waals surface area (Å²) in [5.74, 6) is 2.98. The van der Waals surface area contributed by atoms with E-state index >= 15 is 0 Å². The number of nitrogens with one attached hydrogen (secondary N) is 10. The third-order valence-electron chi connectivity index (χ3n) is 30.3. The van der Waals surface area contributed by atoms with Crippen LogP contribution in [0.2, 0.25) is 0 Å². The molecule has 10 aromatic heterocycles. The van der Waals surface area contributed by atoms with Gasteiger partial charge in [-0.15, -0.1) is 0 Å². The minimum atomic E-state index is -1.16. The number of carbonyl (C=O) groups is 5. The van der Waals surface area contributed by atoms with Crippen molar-refractivity contribution in [1.29, 1.82) is 0 Å². The minimum absolute atomic E-state index is 0.0391. The monoisotopic (exact) mass is 1960 g/mol. The number of H-pyrrole nitrogens is 5. The average Bonchev–Trinajstić information content (AvgIpc) is 1.60. The fourth-order valence-electron chi connectivity index (χ4n) is 21.0. The average molecular weight is 1960 g/mol. The number of likely N-dealkylation sites (tertiary alicyclic amines) is 5. The highest BCUT2D eigenvalue weighted by atomic mass is 19.2. The first-order chi connectivity index (χ1) is 67.6. The molecule has 0 bridgehead atoms. The van der Waals surface area contributed by atoms with Gasteiger partial charge < -0.3 is 90.7 Å². The summed E-state index contributed by atoms with van der Waals surface area (Å²) in [6.45, 7) is 31.0. The summed E-state index contributed by atoms with van der Waals surface area (Å²) in [6, 6.07) is 1.44. The van der Waals surface area contributed by atoms with Gasteiger partial charge in [-0.25, -0.2) is 71.8 Å². The zero-order valence-electron chi connectivity index (χ0n) is 84.7. The molecule has 5 saturated carbocycles. The molecule has 10 fully saturated rings. The lowest BCUT2D eigenvalue weighted by Gasteiger charge is -2.38. The number of hydrogen-bond acceptors (Lipinski definition) is 23. The maximum atomic E-state index is 14.4. The molecule has 10 aromatic rings. The molecule has 5 amide bonds. The quantitative estimate of drug-likeness (QED) is 0.0178. The summed E-state index contributed by atoms with van der Waals surface area (Å²) in [6.07, 6.45) is 42.2. The van der Waals surface area contributed by atoms with Gasteiger partial charge in [0.25, 0.3) is 0 Å². The first-order valence-corrected chi connectivity index (χ1v) is 50.2. The van der Waals surface area contributed by atoms with Gasteiger partial charge in [0.1, 0.15) is 117 Å². The van der Waals surface area contributed by atoms with E-state index in [1.165, 1.54) is 43.8 Å². The third kappa shape index (κ3) is 23.6. The standard InChI is InChI=1S/3C22H31FN6O.2C19H24FN5O/c3*1-14-7-8-15(12-29(14)18(30)6-5-9-28(3)4)27-21-19-16(17-10-22(17,2)23)11-24-20(19)25-13-26-21;2*1-4-15(26)25-9-12(6-5-11(25)2)24-18-16-13(14-7-19(14,3)20)8-21-17(16)22-10-23-18/h3*5-6,11,13-15,17H,7-10,12H2,1-4H3,(H2,24,25,26,27);2*4,8,10-12,14H,1,5-7,9H2,2-3H3,(H2,21,22,23,24)/b3*6-5+;;/t14-,15+,17?,22?;14-,15+,17+,22?;14-,15+,17-,22?;11-,12+,14+,19?;11-,12+,14-,19?/m00000/s1. The van der Waals surface area contributed by atoms with Crippen LogP contribution in [-0.4, -0.2) is 327 Å². The van der Waals surface area contributed by atoms with Crippen molar-refractivity contribution in [3.8, 4) is 0 Å². The van der Waals surface area contributed by atoms with E-state index in [-0.39, 0.29) is 120 Å². The summed E-state index contributed by atoms with van der Waals surface area (Å²) >= 11 is 0. The summed E-state index contributed by atoms with van der Waals surface area (Å²) < 4.78 is 71.5. The lowest BCUT2D eigenvalue weighted by Crippen LogP contribution is -2.49. The van der Waals surface area contributed by atoms with E-state index < -0.39 is 28.3 Å². The Morgan fingerprint density at radius 1 is 0.324 bits per heavy atom. The number of carbonyl (C=O) groups excluding carboxylic acids is 5. The van der Waals surface area contributed by atoms with Crippen molar-refractivity contribution >= 4 is 114 Å². The molecule has 5 saturated heterocycles. The smallest absolute Gasteiger partial charge is 0.246 e. The van der Waals surface area contributed by atoms with Crippen LogP contribution in [0.3, 0.4) is 0 Å². The van der Waals surface area contributed by atoms with Gasteiger partial charge in [-0.1, -0.05) is 31.4 Å². The van der Waals surface area contributed by atoms with E-state index in [2.05, 4.69) is 149 Å². The maximum absolute atomic E-state index is 14.4. The van der Waals surface area contributed by atoms with Crippen LogP contribution in [0.25, 0.3) is 55.2 Å².